The molecule has 3 aromatic rings. The number of carbonyl (C=O) groups excluding carboxylic acids is 5. The molecular weight excluding hydrogens is 594 g/mol. The van der Waals surface area contributed by atoms with Crippen molar-refractivity contribution in [3.05, 3.63) is 101 Å². The summed E-state index contributed by atoms with van der Waals surface area (Å²) in [5.74, 6) is -2.34. The van der Waals surface area contributed by atoms with E-state index in [9.17, 15) is 29.1 Å². The van der Waals surface area contributed by atoms with Crippen molar-refractivity contribution in [3.8, 4) is 5.75 Å². The van der Waals surface area contributed by atoms with E-state index in [1.807, 2.05) is 30.3 Å². The third kappa shape index (κ3) is 11.4. The number of rotatable bonds is 16. The van der Waals surface area contributed by atoms with Crippen LogP contribution in [-0.4, -0.2) is 61.1 Å². The second kappa shape index (κ2) is 17.9. The van der Waals surface area contributed by atoms with E-state index in [0.717, 1.165) is 18.2 Å². The van der Waals surface area contributed by atoms with Gasteiger partial charge in [-0.25, -0.2) is 4.79 Å². The molecule has 0 fully saturated rings. The van der Waals surface area contributed by atoms with Crippen molar-refractivity contribution in [2.24, 2.45) is 0 Å². The Kier molecular flexibility index (Phi) is 13.7. The summed E-state index contributed by atoms with van der Waals surface area (Å²) in [6.45, 7) is 1.49. The van der Waals surface area contributed by atoms with Gasteiger partial charge in [-0.15, -0.1) is 0 Å². The second-order valence-corrected chi connectivity index (χ2v) is 10.4. The number of ether oxygens (including phenoxy) is 3. The van der Waals surface area contributed by atoms with Gasteiger partial charge in [0.2, 0.25) is 17.7 Å². The summed E-state index contributed by atoms with van der Waals surface area (Å²) < 4.78 is 15.1. The molecule has 4 N–H and O–H groups in total. The van der Waals surface area contributed by atoms with E-state index in [1.54, 1.807) is 43.5 Å². The highest BCUT2D eigenvalue weighted by Gasteiger charge is 2.27. The van der Waals surface area contributed by atoms with Gasteiger partial charge in [0.15, 0.2) is 6.10 Å². The minimum absolute atomic E-state index is 0.0410. The lowest BCUT2D eigenvalue weighted by molar-refractivity contribution is -0.150. The Hall–Kier alpha value is -5.23. The Labute approximate surface area is 267 Å². The minimum atomic E-state index is -1.47. The van der Waals surface area contributed by atoms with Gasteiger partial charge in [-0.05, 0) is 40.8 Å². The quantitative estimate of drug-likeness (QED) is 0.173. The van der Waals surface area contributed by atoms with Crippen LogP contribution in [0.15, 0.2) is 78.9 Å². The van der Waals surface area contributed by atoms with Crippen LogP contribution in [0.2, 0.25) is 0 Å². The maximum atomic E-state index is 13.5. The summed E-state index contributed by atoms with van der Waals surface area (Å²) >= 11 is 0. The molecule has 0 aliphatic rings. The van der Waals surface area contributed by atoms with Crippen LogP contribution in [0, 0.1) is 0 Å². The van der Waals surface area contributed by atoms with Gasteiger partial charge >= 0.3 is 11.9 Å². The molecule has 3 atom stereocenters. The fourth-order valence-corrected chi connectivity index (χ4v) is 4.44. The summed E-state index contributed by atoms with van der Waals surface area (Å²) in [4.78, 5) is 63.0. The van der Waals surface area contributed by atoms with E-state index in [4.69, 9.17) is 9.47 Å². The molecule has 0 radical (unpaired) electrons. The molecular formula is C34H39N3O9. The zero-order valence-electron chi connectivity index (χ0n) is 26.0. The van der Waals surface area contributed by atoms with Gasteiger partial charge in [-0.2, -0.15) is 0 Å². The van der Waals surface area contributed by atoms with E-state index in [0.29, 0.717) is 16.9 Å². The summed E-state index contributed by atoms with van der Waals surface area (Å²) in [5.41, 5.74) is 2.51. The number of aliphatic hydroxyl groups excluding tert-OH is 1. The van der Waals surface area contributed by atoms with E-state index in [-0.39, 0.29) is 32.4 Å². The molecule has 0 saturated heterocycles. The molecule has 3 aromatic carbocycles. The number of carbonyl (C=O) groups is 5. The van der Waals surface area contributed by atoms with Crippen LogP contribution in [0.3, 0.4) is 0 Å². The standard InChI is InChI=1S/C34H39N3O9/c1-22(38)36-29(19-23-9-13-26(14-10-23)31(40)34(43)45-3)33(42)37-28(17-18-30(39)46-21-25-7-5-4-6-8-25)32(41)35-20-24-11-15-27(44-2)16-12-24/h4-16,28-29,31,40H,17-21H2,1-3H3,(H,35,41)(H,36,38)(H,37,42)/t28-,29-,31?/m0/s1. The molecule has 1 unspecified atom stereocenters. The molecule has 0 saturated carbocycles. The van der Waals surface area contributed by atoms with Crippen LogP contribution in [0.5, 0.6) is 5.75 Å². The van der Waals surface area contributed by atoms with Crippen molar-refractivity contribution >= 4 is 29.7 Å². The first-order valence-electron chi connectivity index (χ1n) is 14.6. The largest absolute Gasteiger partial charge is 0.497 e. The van der Waals surface area contributed by atoms with Crippen molar-refractivity contribution in [1.29, 1.82) is 0 Å². The van der Waals surface area contributed by atoms with Crippen LogP contribution >= 0.6 is 0 Å². The molecule has 3 amide bonds. The molecule has 12 nitrogen and oxygen atoms in total. The van der Waals surface area contributed by atoms with Gasteiger partial charge < -0.3 is 35.3 Å². The predicted octanol–water partition coefficient (Wildman–Crippen LogP) is 2.27. The van der Waals surface area contributed by atoms with Crippen LogP contribution in [-0.2, 0) is 53.0 Å². The number of methoxy groups -OCH3 is 2. The van der Waals surface area contributed by atoms with Crippen molar-refractivity contribution in [2.75, 3.05) is 14.2 Å². The lowest BCUT2D eigenvalue weighted by atomic mass is 10.0. The molecule has 0 aromatic heterocycles. The molecule has 3 rings (SSSR count). The first-order valence-corrected chi connectivity index (χ1v) is 14.6. The Morgan fingerprint density at radius 1 is 0.761 bits per heavy atom. The van der Waals surface area contributed by atoms with Crippen molar-refractivity contribution in [2.45, 2.75) is 57.5 Å². The number of hydrogen-bond acceptors (Lipinski definition) is 9. The average molecular weight is 634 g/mol. The lowest BCUT2D eigenvalue weighted by Gasteiger charge is -2.23. The first kappa shape index (κ1) is 35.3. The second-order valence-electron chi connectivity index (χ2n) is 10.4. The lowest BCUT2D eigenvalue weighted by Crippen LogP contribution is -2.54. The third-order valence-electron chi connectivity index (χ3n) is 6.99. The fraction of sp³-hybridized carbons (Fsp3) is 0.324. The van der Waals surface area contributed by atoms with Crippen LogP contribution in [0.1, 0.15) is 48.1 Å². The smallest absolute Gasteiger partial charge is 0.339 e. The highest BCUT2D eigenvalue weighted by molar-refractivity contribution is 5.92. The van der Waals surface area contributed by atoms with E-state index in [2.05, 4.69) is 20.7 Å². The van der Waals surface area contributed by atoms with Gasteiger partial charge in [-0.1, -0.05) is 66.7 Å². The zero-order valence-corrected chi connectivity index (χ0v) is 26.0. The molecule has 0 spiro atoms. The summed E-state index contributed by atoms with van der Waals surface area (Å²) in [6.07, 6.45) is -1.63. The predicted molar refractivity (Wildman–Crippen MR) is 167 cm³/mol. The average Bonchev–Trinajstić information content (AvgIpc) is 3.07. The highest BCUT2D eigenvalue weighted by atomic mass is 16.5. The van der Waals surface area contributed by atoms with Gasteiger partial charge in [0.25, 0.3) is 0 Å². The van der Waals surface area contributed by atoms with E-state index in [1.165, 1.54) is 19.1 Å². The summed E-state index contributed by atoms with van der Waals surface area (Å²) in [6, 6.07) is 20.3. The Morgan fingerprint density at radius 2 is 1.41 bits per heavy atom. The number of hydrogen-bond donors (Lipinski definition) is 4. The van der Waals surface area contributed by atoms with Crippen molar-refractivity contribution < 1.29 is 43.3 Å². The molecule has 12 heteroatoms. The highest BCUT2D eigenvalue weighted by Crippen LogP contribution is 2.17. The van der Waals surface area contributed by atoms with Crippen LogP contribution in [0.25, 0.3) is 0 Å². The SMILES string of the molecule is COC(=O)C(O)c1ccc(C[C@H](NC(C)=O)C(=O)N[C@@H](CCC(=O)OCc2ccccc2)C(=O)NCc2ccc(OC)cc2)cc1. The van der Waals surface area contributed by atoms with E-state index >= 15 is 0 Å². The maximum Gasteiger partial charge on any atom is 0.339 e. The van der Waals surface area contributed by atoms with Crippen molar-refractivity contribution in [1.82, 2.24) is 16.0 Å². The topological polar surface area (TPSA) is 169 Å². The normalized spacial score (nSPS) is 12.5. The molecule has 0 aliphatic carbocycles. The number of amides is 3. The maximum absolute atomic E-state index is 13.5. The number of benzene rings is 3. The van der Waals surface area contributed by atoms with Gasteiger partial charge in [0, 0.05) is 26.3 Å². The summed E-state index contributed by atoms with van der Waals surface area (Å²) in [5, 5.41) is 18.1. The molecule has 46 heavy (non-hydrogen) atoms. The number of nitrogens with one attached hydrogen (secondary N) is 3. The fourth-order valence-electron chi connectivity index (χ4n) is 4.44. The van der Waals surface area contributed by atoms with Crippen molar-refractivity contribution in [3.63, 3.8) is 0 Å². The van der Waals surface area contributed by atoms with Crippen LogP contribution in [0.4, 0.5) is 0 Å². The Bertz CT molecular complexity index is 1460. The number of aliphatic hydroxyl groups is 1. The minimum Gasteiger partial charge on any atom is -0.497 e. The monoisotopic (exact) mass is 633 g/mol. The molecule has 0 heterocycles. The third-order valence-corrected chi connectivity index (χ3v) is 6.99. The van der Waals surface area contributed by atoms with Gasteiger partial charge in [0.1, 0.15) is 24.4 Å². The zero-order chi connectivity index (χ0) is 33.5. The van der Waals surface area contributed by atoms with Crippen LogP contribution < -0.4 is 20.7 Å². The number of esters is 2. The Balaban J connectivity index is 1.70. The first-order chi connectivity index (χ1) is 22.1. The Morgan fingerprint density at radius 3 is 2.02 bits per heavy atom. The van der Waals surface area contributed by atoms with Gasteiger partial charge in [0.05, 0.1) is 14.2 Å². The molecule has 0 aliphatic heterocycles. The van der Waals surface area contributed by atoms with E-state index < -0.39 is 47.8 Å². The molecule has 244 valence electrons. The van der Waals surface area contributed by atoms with Gasteiger partial charge in [-0.3, -0.25) is 19.2 Å². The molecule has 0 bridgehead atoms. The summed E-state index contributed by atoms with van der Waals surface area (Å²) in [7, 11) is 2.71.